The zero-order valence-electron chi connectivity index (χ0n) is 10.9. The van der Waals surface area contributed by atoms with E-state index in [2.05, 4.69) is 14.7 Å². The van der Waals surface area contributed by atoms with Crippen LogP contribution in [0.25, 0.3) is 0 Å². The van der Waals surface area contributed by atoms with Crippen molar-refractivity contribution in [2.75, 3.05) is 11.1 Å². The molecule has 1 atom stereocenters. The SMILES string of the molecule is Cc1nsc(SC(C)C(=O)Nc2cc(Cl)ccc2N)n1. The number of carbonyl (C=O) groups excluding carboxylic acids is 1. The van der Waals surface area contributed by atoms with Gasteiger partial charge in [-0.15, -0.1) is 0 Å². The molecular formula is C12H13ClN4OS2. The zero-order valence-corrected chi connectivity index (χ0v) is 13.3. The lowest BCUT2D eigenvalue weighted by molar-refractivity contribution is -0.115. The van der Waals surface area contributed by atoms with E-state index in [1.54, 1.807) is 25.1 Å². The fraction of sp³-hybridized carbons (Fsp3) is 0.250. The maximum atomic E-state index is 12.1. The first-order valence-electron chi connectivity index (χ1n) is 5.78. The van der Waals surface area contributed by atoms with Gasteiger partial charge in [-0.2, -0.15) is 4.37 Å². The van der Waals surface area contributed by atoms with Gasteiger partial charge in [0.05, 0.1) is 16.6 Å². The molecule has 0 spiro atoms. The monoisotopic (exact) mass is 328 g/mol. The largest absolute Gasteiger partial charge is 0.397 e. The minimum atomic E-state index is -0.305. The minimum Gasteiger partial charge on any atom is -0.397 e. The van der Waals surface area contributed by atoms with Crippen LogP contribution < -0.4 is 11.1 Å². The average Bonchev–Trinajstić information content (AvgIpc) is 2.79. The van der Waals surface area contributed by atoms with Crippen molar-refractivity contribution in [1.29, 1.82) is 0 Å². The highest BCUT2D eigenvalue weighted by molar-refractivity contribution is 8.02. The molecule has 2 rings (SSSR count). The van der Waals surface area contributed by atoms with Crippen LogP contribution in [0.1, 0.15) is 12.7 Å². The molecule has 1 heterocycles. The van der Waals surface area contributed by atoms with Crippen LogP contribution >= 0.6 is 34.9 Å². The highest BCUT2D eigenvalue weighted by atomic mass is 35.5. The molecular weight excluding hydrogens is 316 g/mol. The third-order valence-corrected chi connectivity index (χ3v) is 4.64. The van der Waals surface area contributed by atoms with Crippen LogP contribution in [0.3, 0.4) is 0 Å². The standard InChI is InChI=1S/C12H13ClN4OS2/c1-6(19-12-15-7(2)17-20-12)11(18)16-10-5-8(13)3-4-9(10)14/h3-6H,14H2,1-2H3,(H,16,18). The fourth-order valence-electron chi connectivity index (χ4n) is 1.40. The minimum absolute atomic E-state index is 0.156. The molecule has 1 aromatic heterocycles. The van der Waals surface area contributed by atoms with Crippen molar-refractivity contribution in [1.82, 2.24) is 9.36 Å². The molecule has 1 unspecified atom stereocenters. The lowest BCUT2D eigenvalue weighted by atomic mass is 10.2. The number of nitrogens with one attached hydrogen (secondary N) is 1. The molecule has 0 aliphatic heterocycles. The highest BCUT2D eigenvalue weighted by Gasteiger charge is 2.17. The Balaban J connectivity index is 2.02. The van der Waals surface area contributed by atoms with Gasteiger partial charge in [0, 0.05) is 5.02 Å². The van der Waals surface area contributed by atoms with Gasteiger partial charge in [0.2, 0.25) is 5.91 Å². The summed E-state index contributed by atoms with van der Waals surface area (Å²) >= 11 is 8.53. The van der Waals surface area contributed by atoms with Gasteiger partial charge >= 0.3 is 0 Å². The molecule has 8 heteroatoms. The Morgan fingerprint density at radius 3 is 2.95 bits per heavy atom. The molecule has 106 valence electrons. The smallest absolute Gasteiger partial charge is 0.237 e. The summed E-state index contributed by atoms with van der Waals surface area (Å²) < 4.78 is 4.85. The van der Waals surface area contributed by atoms with Gasteiger partial charge in [0.1, 0.15) is 5.82 Å². The molecule has 0 saturated heterocycles. The van der Waals surface area contributed by atoms with Gasteiger partial charge in [-0.3, -0.25) is 4.79 Å². The molecule has 20 heavy (non-hydrogen) atoms. The van der Waals surface area contributed by atoms with Crippen LogP contribution in [0.5, 0.6) is 0 Å². The number of hydrogen-bond acceptors (Lipinski definition) is 6. The normalized spacial score (nSPS) is 12.2. The van der Waals surface area contributed by atoms with Crippen molar-refractivity contribution in [2.45, 2.75) is 23.4 Å². The van der Waals surface area contributed by atoms with Crippen molar-refractivity contribution < 1.29 is 4.79 Å². The van der Waals surface area contributed by atoms with Gasteiger partial charge in [0.15, 0.2) is 4.34 Å². The van der Waals surface area contributed by atoms with E-state index in [1.807, 2.05) is 6.92 Å². The van der Waals surface area contributed by atoms with Gasteiger partial charge in [-0.25, -0.2) is 4.98 Å². The summed E-state index contributed by atoms with van der Waals surface area (Å²) in [6, 6.07) is 4.96. The number of hydrogen-bond donors (Lipinski definition) is 2. The van der Waals surface area contributed by atoms with Gasteiger partial charge in [-0.1, -0.05) is 23.4 Å². The van der Waals surface area contributed by atoms with Crippen LogP contribution in [0.4, 0.5) is 11.4 Å². The molecule has 2 aromatic rings. The van der Waals surface area contributed by atoms with E-state index in [1.165, 1.54) is 23.3 Å². The van der Waals surface area contributed by atoms with E-state index in [0.29, 0.717) is 22.2 Å². The number of amides is 1. The second-order valence-electron chi connectivity index (χ2n) is 4.09. The molecule has 5 nitrogen and oxygen atoms in total. The van der Waals surface area contributed by atoms with E-state index in [-0.39, 0.29) is 11.2 Å². The number of aromatic nitrogens is 2. The third kappa shape index (κ3) is 3.84. The number of nitrogen functional groups attached to an aromatic ring is 1. The molecule has 0 saturated carbocycles. The van der Waals surface area contributed by atoms with E-state index in [9.17, 15) is 4.79 Å². The van der Waals surface area contributed by atoms with E-state index >= 15 is 0 Å². The van der Waals surface area contributed by atoms with E-state index < -0.39 is 0 Å². The Kier molecular flexibility index (Phi) is 4.85. The maximum Gasteiger partial charge on any atom is 0.237 e. The molecule has 1 amide bonds. The average molecular weight is 329 g/mol. The first-order chi connectivity index (χ1) is 9.45. The number of thioether (sulfide) groups is 1. The van der Waals surface area contributed by atoms with Gasteiger partial charge in [-0.05, 0) is 43.6 Å². The Bertz CT molecular complexity index is 632. The van der Waals surface area contributed by atoms with Crippen molar-refractivity contribution in [2.24, 2.45) is 0 Å². The Morgan fingerprint density at radius 1 is 1.55 bits per heavy atom. The Labute approximate surface area is 130 Å². The number of benzene rings is 1. The number of nitrogens with two attached hydrogens (primary N) is 1. The van der Waals surface area contributed by atoms with Crippen molar-refractivity contribution in [3.8, 4) is 0 Å². The maximum absolute atomic E-state index is 12.1. The number of carbonyl (C=O) groups is 1. The second kappa shape index (κ2) is 6.43. The topological polar surface area (TPSA) is 80.9 Å². The number of nitrogens with zero attached hydrogens (tertiary/aromatic N) is 2. The molecule has 0 aliphatic rings. The van der Waals surface area contributed by atoms with Gasteiger partial charge in [0.25, 0.3) is 0 Å². The summed E-state index contributed by atoms with van der Waals surface area (Å²) in [6.07, 6.45) is 0. The molecule has 0 bridgehead atoms. The summed E-state index contributed by atoms with van der Waals surface area (Å²) in [4.78, 5) is 16.3. The van der Waals surface area contributed by atoms with Crippen LogP contribution in [0.15, 0.2) is 22.5 Å². The van der Waals surface area contributed by atoms with Crippen LogP contribution in [0, 0.1) is 6.92 Å². The molecule has 3 N–H and O–H groups in total. The Morgan fingerprint density at radius 2 is 2.30 bits per heavy atom. The molecule has 0 radical (unpaired) electrons. The second-order valence-corrected chi connectivity index (χ2v) is 6.86. The fourth-order valence-corrected chi connectivity index (χ4v) is 3.37. The summed E-state index contributed by atoms with van der Waals surface area (Å²) in [5, 5.41) is 2.98. The van der Waals surface area contributed by atoms with Crippen LogP contribution in [-0.2, 0) is 4.79 Å². The first-order valence-corrected chi connectivity index (χ1v) is 7.81. The number of anilines is 2. The summed E-state index contributed by atoms with van der Waals surface area (Å²) in [5.74, 6) is 0.556. The van der Waals surface area contributed by atoms with E-state index in [0.717, 1.165) is 4.34 Å². The highest BCUT2D eigenvalue weighted by Crippen LogP contribution is 2.27. The van der Waals surface area contributed by atoms with E-state index in [4.69, 9.17) is 17.3 Å². The molecule has 1 aromatic carbocycles. The van der Waals surface area contributed by atoms with Crippen molar-refractivity contribution in [3.05, 3.63) is 29.0 Å². The first kappa shape index (κ1) is 15.1. The number of halogens is 1. The Hall–Kier alpha value is -1.31. The predicted octanol–water partition coefficient (Wildman–Crippen LogP) is 3.20. The molecule has 0 aliphatic carbocycles. The molecule has 0 fully saturated rings. The summed E-state index contributed by atoms with van der Waals surface area (Å²) in [7, 11) is 0. The zero-order chi connectivity index (χ0) is 14.7. The van der Waals surface area contributed by atoms with Crippen molar-refractivity contribution in [3.63, 3.8) is 0 Å². The lowest BCUT2D eigenvalue weighted by Gasteiger charge is -2.12. The van der Waals surface area contributed by atoms with Gasteiger partial charge < -0.3 is 11.1 Å². The summed E-state index contributed by atoms with van der Waals surface area (Å²) in [5.41, 5.74) is 6.79. The number of rotatable bonds is 4. The van der Waals surface area contributed by atoms with Crippen LogP contribution in [0.2, 0.25) is 5.02 Å². The van der Waals surface area contributed by atoms with Crippen molar-refractivity contribution >= 4 is 52.2 Å². The number of aryl methyl sites for hydroxylation is 1. The summed E-state index contributed by atoms with van der Waals surface area (Å²) in [6.45, 7) is 3.62. The van der Waals surface area contributed by atoms with Crippen LogP contribution in [-0.4, -0.2) is 20.5 Å². The third-order valence-electron chi connectivity index (χ3n) is 2.43. The quantitative estimate of drug-likeness (QED) is 0.665. The lowest BCUT2D eigenvalue weighted by Crippen LogP contribution is -2.22. The predicted molar refractivity (Wildman–Crippen MR) is 84.5 cm³/mol.